The van der Waals surface area contributed by atoms with Gasteiger partial charge in [-0.05, 0) is 19.9 Å². The summed E-state index contributed by atoms with van der Waals surface area (Å²) >= 11 is 0. The Kier molecular flexibility index (Phi) is 7.98. The number of carbonyl (C=O) groups excluding carboxylic acids is 1. The van der Waals surface area contributed by atoms with Crippen LogP contribution in [0.2, 0.25) is 0 Å². The van der Waals surface area contributed by atoms with E-state index in [4.69, 9.17) is 4.42 Å². The lowest BCUT2D eigenvalue weighted by Gasteiger charge is -2.14. The molecule has 0 saturated heterocycles. The molecule has 2 heterocycles. The largest absolute Gasteiger partial charge is 0.443 e. The molecule has 0 aliphatic carbocycles. The summed E-state index contributed by atoms with van der Waals surface area (Å²) in [5.41, 5.74) is 3.59. The van der Waals surface area contributed by atoms with Crippen LogP contribution in [-0.4, -0.2) is 30.5 Å². The quantitative estimate of drug-likeness (QED) is 0.812. The monoisotopic (exact) mass is 369 g/mol. The molecule has 0 saturated carbocycles. The second kappa shape index (κ2) is 9.47. The van der Waals surface area contributed by atoms with E-state index in [-0.39, 0.29) is 30.7 Å². The number of nitrogens with zero attached hydrogens (tertiary/aromatic N) is 1. The first-order valence-corrected chi connectivity index (χ1v) is 7.41. The van der Waals surface area contributed by atoms with Crippen LogP contribution in [0.1, 0.15) is 22.5 Å². The predicted molar refractivity (Wildman–Crippen MR) is 99.1 cm³/mol. The Bertz CT molecular complexity index is 696. The van der Waals surface area contributed by atoms with E-state index in [1.54, 1.807) is 0 Å². The van der Waals surface area contributed by atoms with Crippen molar-refractivity contribution in [2.24, 2.45) is 0 Å². The third kappa shape index (κ3) is 4.84. The summed E-state index contributed by atoms with van der Waals surface area (Å²) in [6.45, 7) is 4.40. The van der Waals surface area contributed by atoms with Gasteiger partial charge in [-0.2, -0.15) is 0 Å². The van der Waals surface area contributed by atoms with Crippen molar-refractivity contribution in [3.63, 3.8) is 0 Å². The fraction of sp³-hybridized carbons (Fsp3) is 0.294. The molecule has 0 radical (unpaired) electrons. The maximum atomic E-state index is 12.3. The Morgan fingerprint density at radius 2 is 2.04 bits per heavy atom. The van der Waals surface area contributed by atoms with Gasteiger partial charge >= 0.3 is 0 Å². The fourth-order valence-corrected chi connectivity index (χ4v) is 2.43. The molecule has 7 heteroatoms. The van der Waals surface area contributed by atoms with E-state index >= 15 is 0 Å². The van der Waals surface area contributed by atoms with Crippen molar-refractivity contribution in [2.75, 3.05) is 19.6 Å². The molecule has 0 atom stereocenters. The van der Waals surface area contributed by atoms with Gasteiger partial charge in [-0.1, -0.05) is 41.5 Å². The molecule has 1 aliphatic rings. The summed E-state index contributed by atoms with van der Waals surface area (Å²) in [6, 6.07) is 7.84. The zero-order chi connectivity index (χ0) is 15.4. The summed E-state index contributed by atoms with van der Waals surface area (Å²) < 4.78 is 5.41. The SMILES string of the molecule is Cc1ccc(-c2ocnc2C(=O)NCC2=CCNCC2)cc1.Cl.Cl. The molecule has 1 aliphatic heterocycles. The second-order valence-corrected chi connectivity index (χ2v) is 5.40. The Labute approximate surface area is 153 Å². The first-order valence-electron chi connectivity index (χ1n) is 7.41. The van der Waals surface area contributed by atoms with Crippen molar-refractivity contribution < 1.29 is 9.21 Å². The molecule has 1 amide bonds. The first-order chi connectivity index (χ1) is 10.7. The zero-order valence-electron chi connectivity index (χ0n) is 13.4. The highest BCUT2D eigenvalue weighted by atomic mass is 35.5. The molecule has 0 fully saturated rings. The molecule has 0 bridgehead atoms. The third-order valence-corrected chi connectivity index (χ3v) is 3.73. The highest BCUT2D eigenvalue weighted by Gasteiger charge is 2.18. The summed E-state index contributed by atoms with van der Waals surface area (Å²) in [7, 11) is 0. The molecule has 24 heavy (non-hydrogen) atoms. The van der Waals surface area contributed by atoms with Crippen molar-refractivity contribution in [2.45, 2.75) is 13.3 Å². The van der Waals surface area contributed by atoms with Gasteiger partial charge in [0.15, 0.2) is 17.8 Å². The van der Waals surface area contributed by atoms with E-state index in [9.17, 15) is 4.79 Å². The van der Waals surface area contributed by atoms with Crippen LogP contribution in [-0.2, 0) is 0 Å². The maximum Gasteiger partial charge on any atom is 0.274 e. The zero-order valence-corrected chi connectivity index (χ0v) is 15.0. The number of rotatable bonds is 4. The number of oxazole rings is 1. The van der Waals surface area contributed by atoms with E-state index in [0.717, 1.165) is 30.6 Å². The molecule has 2 N–H and O–H groups in total. The van der Waals surface area contributed by atoms with Crippen LogP contribution >= 0.6 is 24.8 Å². The van der Waals surface area contributed by atoms with Crippen LogP contribution in [0.4, 0.5) is 0 Å². The Morgan fingerprint density at radius 1 is 1.29 bits per heavy atom. The third-order valence-electron chi connectivity index (χ3n) is 3.73. The minimum atomic E-state index is -0.205. The normalized spacial score (nSPS) is 13.3. The number of hydrogen-bond donors (Lipinski definition) is 2. The molecular formula is C17H21Cl2N3O2. The standard InChI is InChI=1S/C17H19N3O2.2ClH/c1-12-2-4-14(5-3-12)16-15(20-11-22-16)17(21)19-10-13-6-8-18-9-7-13;;/h2-6,11,18H,7-10H2,1H3,(H,19,21);2*1H. The van der Waals surface area contributed by atoms with Gasteiger partial charge in [0.25, 0.3) is 5.91 Å². The lowest BCUT2D eigenvalue weighted by atomic mass is 10.1. The molecular weight excluding hydrogens is 349 g/mol. The summed E-state index contributed by atoms with van der Waals surface area (Å²) in [4.78, 5) is 16.4. The summed E-state index contributed by atoms with van der Waals surface area (Å²) in [5, 5.41) is 6.17. The fourth-order valence-electron chi connectivity index (χ4n) is 2.43. The van der Waals surface area contributed by atoms with Gasteiger partial charge in [-0.15, -0.1) is 24.8 Å². The first kappa shape index (κ1) is 20.2. The van der Waals surface area contributed by atoms with Gasteiger partial charge in [0, 0.05) is 18.7 Å². The van der Waals surface area contributed by atoms with Crippen molar-refractivity contribution >= 4 is 30.7 Å². The van der Waals surface area contributed by atoms with E-state index in [2.05, 4.69) is 21.7 Å². The molecule has 5 nitrogen and oxygen atoms in total. The van der Waals surface area contributed by atoms with Gasteiger partial charge in [-0.3, -0.25) is 4.79 Å². The number of benzene rings is 1. The Balaban J connectivity index is 0.00000144. The van der Waals surface area contributed by atoms with Crippen molar-refractivity contribution in [3.8, 4) is 11.3 Å². The average molecular weight is 370 g/mol. The lowest BCUT2D eigenvalue weighted by Crippen LogP contribution is -2.30. The van der Waals surface area contributed by atoms with E-state index in [1.807, 2.05) is 31.2 Å². The molecule has 0 spiro atoms. The van der Waals surface area contributed by atoms with Crippen LogP contribution < -0.4 is 10.6 Å². The predicted octanol–water partition coefficient (Wildman–Crippen LogP) is 3.14. The topological polar surface area (TPSA) is 67.2 Å². The number of carbonyl (C=O) groups is 1. The highest BCUT2D eigenvalue weighted by molar-refractivity contribution is 5.97. The van der Waals surface area contributed by atoms with Crippen molar-refractivity contribution in [1.82, 2.24) is 15.6 Å². The minimum Gasteiger partial charge on any atom is -0.443 e. The van der Waals surface area contributed by atoms with Gasteiger partial charge in [0.2, 0.25) is 0 Å². The smallest absolute Gasteiger partial charge is 0.274 e. The minimum absolute atomic E-state index is 0. The average Bonchev–Trinajstić information content (AvgIpc) is 3.04. The van der Waals surface area contributed by atoms with Gasteiger partial charge in [-0.25, -0.2) is 4.98 Å². The number of nitrogens with one attached hydrogen (secondary N) is 2. The maximum absolute atomic E-state index is 12.3. The lowest BCUT2D eigenvalue weighted by molar-refractivity contribution is 0.0952. The molecule has 130 valence electrons. The van der Waals surface area contributed by atoms with Gasteiger partial charge < -0.3 is 15.1 Å². The van der Waals surface area contributed by atoms with Crippen LogP contribution in [0.25, 0.3) is 11.3 Å². The molecule has 1 aromatic heterocycles. The van der Waals surface area contributed by atoms with Crippen LogP contribution in [0.5, 0.6) is 0 Å². The Hall–Kier alpha value is -1.82. The number of halogens is 2. The second-order valence-electron chi connectivity index (χ2n) is 5.40. The van der Waals surface area contributed by atoms with Gasteiger partial charge in [0.05, 0.1) is 0 Å². The Morgan fingerprint density at radius 3 is 2.71 bits per heavy atom. The highest BCUT2D eigenvalue weighted by Crippen LogP contribution is 2.23. The molecule has 3 rings (SSSR count). The number of aryl methyl sites for hydroxylation is 1. The van der Waals surface area contributed by atoms with Crippen LogP contribution in [0, 0.1) is 6.92 Å². The van der Waals surface area contributed by atoms with E-state index in [0.29, 0.717) is 18.0 Å². The van der Waals surface area contributed by atoms with Crippen LogP contribution in [0.15, 0.2) is 46.7 Å². The van der Waals surface area contributed by atoms with Crippen LogP contribution in [0.3, 0.4) is 0 Å². The molecule has 1 aromatic carbocycles. The summed E-state index contributed by atoms with van der Waals surface area (Å²) in [6.07, 6.45) is 4.39. The van der Waals surface area contributed by atoms with E-state index in [1.165, 1.54) is 12.0 Å². The summed E-state index contributed by atoms with van der Waals surface area (Å²) in [5.74, 6) is 0.306. The van der Waals surface area contributed by atoms with Crippen molar-refractivity contribution in [3.05, 3.63) is 53.6 Å². The van der Waals surface area contributed by atoms with Crippen molar-refractivity contribution in [1.29, 1.82) is 0 Å². The molecule has 2 aromatic rings. The number of hydrogen-bond acceptors (Lipinski definition) is 4. The van der Waals surface area contributed by atoms with Gasteiger partial charge in [0.1, 0.15) is 0 Å². The van der Waals surface area contributed by atoms with E-state index < -0.39 is 0 Å². The molecule has 0 unspecified atom stereocenters. The number of amides is 1. The number of aromatic nitrogens is 1.